The second-order valence-electron chi connectivity index (χ2n) is 2.55. The summed E-state index contributed by atoms with van der Waals surface area (Å²) in [6.45, 7) is -0.153. The Morgan fingerprint density at radius 1 is 1.57 bits per heavy atom. The first-order valence-electron chi connectivity index (χ1n) is 4.03. The zero-order valence-corrected chi connectivity index (χ0v) is 7.80. The van der Waals surface area contributed by atoms with Crippen molar-refractivity contribution >= 4 is 11.7 Å². The van der Waals surface area contributed by atoms with Gasteiger partial charge in [-0.3, -0.25) is 10.1 Å². The maximum Gasteiger partial charge on any atom is 0.355 e. The topological polar surface area (TPSA) is 102 Å². The second-order valence-corrected chi connectivity index (χ2v) is 2.55. The lowest BCUT2D eigenvalue weighted by Gasteiger charge is -2.00. The van der Waals surface area contributed by atoms with Crippen LogP contribution in [-0.2, 0) is 9.53 Å². The van der Waals surface area contributed by atoms with Gasteiger partial charge in [0.25, 0.3) is 0 Å². The van der Waals surface area contributed by atoms with Crippen molar-refractivity contribution in [3.8, 4) is 0 Å². The highest BCUT2D eigenvalue weighted by Gasteiger charge is 2.12. The van der Waals surface area contributed by atoms with Gasteiger partial charge in [-0.2, -0.15) is 0 Å². The Kier molecular flexibility index (Phi) is 6.01. The van der Waals surface area contributed by atoms with Gasteiger partial charge in [-0.1, -0.05) is 5.16 Å². The van der Waals surface area contributed by atoms with Crippen LogP contribution < -0.4 is 0 Å². The van der Waals surface area contributed by atoms with Gasteiger partial charge < -0.3 is 9.94 Å². The van der Waals surface area contributed by atoms with E-state index in [-0.39, 0.29) is 18.7 Å². The smallest absolute Gasteiger partial charge is 0.355 e. The lowest BCUT2D eigenvalue weighted by Crippen LogP contribution is -2.16. The lowest BCUT2D eigenvalue weighted by atomic mass is 10.1. The third-order valence-corrected chi connectivity index (χ3v) is 1.55. The number of ether oxygens (including phenoxy) is 1. The van der Waals surface area contributed by atoms with Crippen LogP contribution in [0.3, 0.4) is 0 Å². The predicted octanol–water partition coefficient (Wildman–Crippen LogP) is 0.437. The minimum atomic E-state index is -0.714. The quantitative estimate of drug-likeness (QED) is 0.169. The van der Waals surface area contributed by atoms with Crippen molar-refractivity contribution < 1.29 is 19.7 Å². The molecule has 0 aliphatic rings. The highest BCUT2D eigenvalue weighted by atomic mass is 16.6. The van der Waals surface area contributed by atoms with Gasteiger partial charge >= 0.3 is 5.97 Å². The van der Waals surface area contributed by atoms with E-state index in [1.807, 2.05) is 0 Å². The third-order valence-electron chi connectivity index (χ3n) is 1.55. The Morgan fingerprint density at radius 2 is 2.21 bits per heavy atom. The zero-order valence-electron chi connectivity index (χ0n) is 7.80. The van der Waals surface area contributed by atoms with E-state index in [9.17, 15) is 14.9 Å². The van der Waals surface area contributed by atoms with E-state index >= 15 is 0 Å². The molecule has 0 aliphatic heterocycles. The molecule has 0 fully saturated rings. The number of rotatable bonds is 6. The molecular weight excluding hydrogens is 192 g/mol. The number of carbonyl (C=O) groups is 1. The van der Waals surface area contributed by atoms with Gasteiger partial charge in [-0.05, 0) is 6.42 Å². The first-order chi connectivity index (χ1) is 6.61. The normalized spacial score (nSPS) is 11.1. The molecule has 0 aromatic heterocycles. The van der Waals surface area contributed by atoms with E-state index < -0.39 is 10.9 Å². The Bertz CT molecular complexity index is 238. The van der Waals surface area contributed by atoms with Crippen molar-refractivity contribution in [3.63, 3.8) is 0 Å². The molecule has 14 heavy (non-hydrogen) atoms. The van der Waals surface area contributed by atoms with Crippen LogP contribution in [-0.4, -0.2) is 35.5 Å². The molecule has 0 unspecified atom stereocenters. The number of hydrogen-bond acceptors (Lipinski definition) is 6. The number of oxime groups is 1. The summed E-state index contributed by atoms with van der Waals surface area (Å²) in [6.07, 6.45) is 0.926. The largest absolute Gasteiger partial charge is 0.464 e. The molecule has 0 radical (unpaired) electrons. The summed E-state index contributed by atoms with van der Waals surface area (Å²) in [7, 11) is 1.17. The summed E-state index contributed by atoms with van der Waals surface area (Å²) in [5.74, 6) is -0.714. The van der Waals surface area contributed by atoms with Crippen molar-refractivity contribution in [2.75, 3.05) is 13.7 Å². The number of hydrogen-bond donors (Lipinski definition) is 1. The van der Waals surface area contributed by atoms with E-state index in [1.54, 1.807) is 0 Å². The summed E-state index contributed by atoms with van der Waals surface area (Å²) in [5.41, 5.74) is -0.115. The average Bonchev–Trinajstić information content (AvgIpc) is 2.16. The van der Waals surface area contributed by atoms with Crippen LogP contribution in [0.25, 0.3) is 0 Å². The van der Waals surface area contributed by atoms with Gasteiger partial charge in [0.05, 0.1) is 7.11 Å². The summed E-state index contributed by atoms with van der Waals surface area (Å²) < 4.78 is 4.32. The molecule has 0 aromatic carbocycles. The first kappa shape index (κ1) is 12.3. The van der Waals surface area contributed by atoms with Gasteiger partial charge in [0.2, 0.25) is 6.54 Å². The summed E-state index contributed by atoms with van der Waals surface area (Å²) in [6, 6.07) is 0. The SMILES string of the molecule is COC(=O)/C(CCCC[N+](=O)[O-])=N\O. The molecule has 1 N–H and O–H groups in total. The van der Waals surface area contributed by atoms with Crippen molar-refractivity contribution in [3.05, 3.63) is 10.1 Å². The molecule has 0 heterocycles. The molecule has 0 aliphatic carbocycles. The number of methoxy groups -OCH3 is 1. The maximum absolute atomic E-state index is 10.8. The molecule has 0 amide bonds. The fraction of sp³-hybridized carbons (Fsp3) is 0.714. The Hall–Kier alpha value is -1.66. The van der Waals surface area contributed by atoms with Crippen LogP contribution in [0.1, 0.15) is 19.3 Å². The molecule has 0 aromatic rings. The van der Waals surface area contributed by atoms with Gasteiger partial charge in [-0.15, -0.1) is 0 Å². The van der Waals surface area contributed by atoms with E-state index in [1.165, 1.54) is 7.11 Å². The summed E-state index contributed by atoms with van der Waals surface area (Å²) >= 11 is 0. The zero-order chi connectivity index (χ0) is 11.0. The molecule has 7 nitrogen and oxygen atoms in total. The molecular formula is C7H12N2O5. The van der Waals surface area contributed by atoms with Crippen molar-refractivity contribution in [1.82, 2.24) is 0 Å². The molecule has 0 rings (SSSR count). The van der Waals surface area contributed by atoms with Gasteiger partial charge in [0.1, 0.15) is 0 Å². The van der Waals surface area contributed by atoms with Gasteiger partial charge in [-0.25, -0.2) is 4.79 Å². The number of nitrogens with zero attached hydrogens (tertiary/aromatic N) is 2. The van der Waals surface area contributed by atoms with Gasteiger partial charge in [0.15, 0.2) is 5.71 Å². The third kappa shape index (κ3) is 5.07. The second kappa shape index (κ2) is 6.81. The predicted molar refractivity (Wildman–Crippen MR) is 46.9 cm³/mol. The fourth-order valence-corrected chi connectivity index (χ4v) is 0.844. The molecule has 80 valence electrons. The van der Waals surface area contributed by atoms with Crippen LogP contribution in [0, 0.1) is 10.1 Å². The first-order valence-corrected chi connectivity index (χ1v) is 4.03. The maximum atomic E-state index is 10.8. The van der Waals surface area contributed by atoms with Crippen LogP contribution >= 0.6 is 0 Å². The fourth-order valence-electron chi connectivity index (χ4n) is 0.844. The van der Waals surface area contributed by atoms with Gasteiger partial charge in [0, 0.05) is 17.8 Å². The van der Waals surface area contributed by atoms with E-state index in [0.717, 1.165) is 0 Å². The number of esters is 1. The molecule has 0 saturated carbocycles. The van der Waals surface area contributed by atoms with E-state index in [2.05, 4.69) is 9.89 Å². The van der Waals surface area contributed by atoms with Crippen LogP contribution in [0.2, 0.25) is 0 Å². The minimum absolute atomic E-state index is 0.115. The molecule has 0 saturated heterocycles. The highest BCUT2D eigenvalue weighted by Crippen LogP contribution is 1.99. The standard InChI is InChI=1S/C7H12N2O5/c1-14-7(10)6(8-11)4-2-3-5-9(12)13/h11H,2-5H2,1H3/b8-6-. The monoisotopic (exact) mass is 204 g/mol. The average molecular weight is 204 g/mol. The van der Waals surface area contributed by atoms with E-state index in [0.29, 0.717) is 12.8 Å². The highest BCUT2D eigenvalue weighted by molar-refractivity contribution is 6.36. The summed E-state index contributed by atoms with van der Waals surface area (Å²) in [5, 5.41) is 21.1. The molecule has 0 spiro atoms. The van der Waals surface area contributed by atoms with Crippen molar-refractivity contribution in [2.45, 2.75) is 19.3 Å². The van der Waals surface area contributed by atoms with Crippen LogP contribution in [0.15, 0.2) is 5.16 Å². The van der Waals surface area contributed by atoms with Crippen molar-refractivity contribution in [2.24, 2.45) is 5.16 Å². The molecule has 0 atom stereocenters. The van der Waals surface area contributed by atoms with Crippen LogP contribution in [0.4, 0.5) is 0 Å². The number of carbonyl (C=O) groups excluding carboxylic acids is 1. The lowest BCUT2D eigenvalue weighted by molar-refractivity contribution is -0.480. The number of nitro groups is 1. The minimum Gasteiger partial charge on any atom is -0.464 e. The summed E-state index contributed by atoms with van der Waals surface area (Å²) in [4.78, 5) is 20.3. The number of unbranched alkanes of at least 4 members (excludes halogenated alkanes) is 1. The van der Waals surface area contributed by atoms with Crippen molar-refractivity contribution in [1.29, 1.82) is 0 Å². The van der Waals surface area contributed by atoms with Crippen LogP contribution in [0.5, 0.6) is 0 Å². The Labute approximate surface area is 80.5 Å². The Morgan fingerprint density at radius 3 is 2.64 bits per heavy atom. The Balaban J connectivity index is 3.75. The molecule has 0 bridgehead atoms. The van der Waals surface area contributed by atoms with E-state index in [4.69, 9.17) is 5.21 Å². The molecule has 7 heteroatoms.